The van der Waals surface area contributed by atoms with E-state index in [1.807, 2.05) is 31.2 Å². The van der Waals surface area contributed by atoms with Crippen molar-refractivity contribution in [2.75, 3.05) is 5.32 Å². The quantitative estimate of drug-likeness (QED) is 0.190. The van der Waals surface area contributed by atoms with Crippen LogP contribution in [0.4, 0.5) is 17.1 Å². The third-order valence-electron chi connectivity index (χ3n) is 5.18. The maximum Gasteiger partial charge on any atom is 0.311 e. The molecule has 0 aliphatic carbocycles. The molecule has 0 bridgehead atoms. The number of benzene rings is 3. The topological polar surface area (TPSA) is 138 Å². The fourth-order valence-electron chi connectivity index (χ4n) is 3.37. The minimum Gasteiger partial charge on any atom is -0.479 e. The van der Waals surface area contributed by atoms with Gasteiger partial charge in [0, 0.05) is 33.7 Å². The highest BCUT2D eigenvalue weighted by molar-refractivity contribution is 7.99. The summed E-state index contributed by atoms with van der Waals surface area (Å²) in [6.45, 7) is 3.57. The smallest absolute Gasteiger partial charge is 0.311 e. The fraction of sp³-hybridized carbons (Fsp3) is 0.115. The predicted octanol–water partition coefficient (Wildman–Crippen LogP) is 6.70. The van der Waals surface area contributed by atoms with Crippen LogP contribution in [0, 0.1) is 34.1 Å². The molecule has 1 aromatic heterocycles. The molecular formula is C26H21N3O7S. The normalized spacial score (nSPS) is 10.6. The van der Waals surface area contributed by atoms with Crippen molar-refractivity contribution in [1.29, 1.82) is 0 Å². The SMILES string of the molecule is Cc1ccc(Sc2cc(NC(=O)c3ccc(COc4ccc(C)cc4[N+](=O)[O-])o3)cc([N+](=O)[O-])c2)cc1. The van der Waals surface area contributed by atoms with Crippen LogP contribution in [0.5, 0.6) is 5.75 Å². The van der Waals surface area contributed by atoms with Gasteiger partial charge in [0.2, 0.25) is 0 Å². The molecule has 3 aromatic carbocycles. The van der Waals surface area contributed by atoms with Crippen LogP contribution in [0.25, 0.3) is 0 Å². The highest BCUT2D eigenvalue weighted by atomic mass is 32.2. The lowest BCUT2D eigenvalue weighted by Gasteiger charge is -2.08. The van der Waals surface area contributed by atoms with Crippen LogP contribution in [-0.4, -0.2) is 15.8 Å². The molecular weight excluding hydrogens is 498 g/mol. The van der Waals surface area contributed by atoms with Gasteiger partial charge < -0.3 is 14.5 Å². The molecule has 0 unspecified atom stereocenters. The maximum atomic E-state index is 12.8. The number of carbonyl (C=O) groups excluding carboxylic acids is 1. The van der Waals surface area contributed by atoms with Crippen LogP contribution < -0.4 is 10.1 Å². The molecule has 0 atom stereocenters. The van der Waals surface area contributed by atoms with Gasteiger partial charge in [-0.15, -0.1) is 0 Å². The van der Waals surface area contributed by atoms with E-state index in [1.165, 1.54) is 48.2 Å². The number of carbonyl (C=O) groups is 1. The molecule has 1 N–H and O–H groups in total. The number of anilines is 1. The summed E-state index contributed by atoms with van der Waals surface area (Å²) in [6, 6.07) is 19.6. The average molecular weight is 520 g/mol. The number of nitro benzene ring substituents is 2. The highest BCUT2D eigenvalue weighted by Crippen LogP contribution is 2.33. The van der Waals surface area contributed by atoms with Crippen molar-refractivity contribution < 1.29 is 23.8 Å². The number of nitrogens with one attached hydrogen (secondary N) is 1. The number of nitro groups is 2. The standard InChI is InChI=1S/C26H21N3O7S/c1-16-3-7-21(8-4-16)37-22-13-18(12-19(14-22)28(31)32)27-26(30)25-10-6-20(36-25)15-35-24-9-5-17(2)11-23(24)29(33)34/h3-14H,15H2,1-2H3,(H,27,30). The minimum atomic E-state index is -0.612. The van der Waals surface area contributed by atoms with Crippen molar-refractivity contribution in [3.8, 4) is 5.75 Å². The van der Waals surface area contributed by atoms with Gasteiger partial charge in [0.05, 0.1) is 9.85 Å². The summed E-state index contributed by atoms with van der Waals surface area (Å²) >= 11 is 1.33. The summed E-state index contributed by atoms with van der Waals surface area (Å²) in [4.78, 5) is 35.9. The van der Waals surface area contributed by atoms with Gasteiger partial charge in [-0.3, -0.25) is 25.0 Å². The van der Waals surface area contributed by atoms with E-state index < -0.39 is 15.8 Å². The number of furan rings is 1. The molecule has 0 spiro atoms. The number of non-ortho nitro benzene ring substituents is 1. The first-order valence-electron chi connectivity index (χ1n) is 11.0. The minimum absolute atomic E-state index is 0.0451. The van der Waals surface area contributed by atoms with Gasteiger partial charge >= 0.3 is 5.69 Å². The van der Waals surface area contributed by atoms with E-state index in [1.54, 1.807) is 19.1 Å². The van der Waals surface area contributed by atoms with Gasteiger partial charge in [-0.2, -0.15) is 0 Å². The summed E-state index contributed by atoms with van der Waals surface area (Å²) in [5, 5.41) is 25.3. The van der Waals surface area contributed by atoms with E-state index in [4.69, 9.17) is 9.15 Å². The van der Waals surface area contributed by atoms with Crippen molar-refractivity contribution in [2.45, 2.75) is 30.2 Å². The summed E-state index contributed by atoms with van der Waals surface area (Å²) in [5.41, 5.74) is 1.71. The van der Waals surface area contributed by atoms with E-state index >= 15 is 0 Å². The van der Waals surface area contributed by atoms with Crippen molar-refractivity contribution in [2.24, 2.45) is 0 Å². The summed E-state index contributed by atoms with van der Waals surface area (Å²) in [7, 11) is 0. The number of aryl methyl sites for hydroxylation is 2. The van der Waals surface area contributed by atoms with Crippen LogP contribution in [0.2, 0.25) is 0 Å². The lowest BCUT2D eigenvalue weighted by atomic mass is 10.2. The maximum absolute atomic E-state index is 12.8. The Kier molecular flexibility index (Phi) is 7.54. The molecule has 0 saturated carbocycles. The second-order valence-corrected chi connectivity index (χ2v) is 9.27. The summed E-state index contributed by atoms with van der Waals surface area (Å²) in [6.07, 6.45) is 0. The number of rotatable bonds is 9. The summed E-state index contributed by atoms with van der Waals surface area (Å²) in [5.74, 6) is -0.307. The third kappa shape index (κ3) is 6.53. The molecule has 1 heterocycles. The Morgan fingerprint density at radius 1 is 0.892 bits per heavy atom. The zero-order valence-corrected chi connectivity index (χ0v) is 20.6. The zero-order chi connectivity index (χ0) is 26.5. The van der Waals surface area contributed by atoms with E-state index in [2.05, 4.69) is 5.32 Å². The second-order valence-electron chi connectivity index (χ2n) is 8.12. The Balaban J connectivity index is 1.46. The molecule has 11 heteroatoms. The number of hydrogen-bond acceptors (Lipinski definition) is 8. The fourth-order valence-corrected chi connectivity index (χ4v) is 4.28. The average Bonchev–Trinajstić information content (AvgIpc) is 3.34. The van der Waals surface area contributed by atoms with Gasteiger partial charge in [-0.05, 0) is 55.8 Å². The van der Waals surface area contributed by atoms with Crippen molar-refractivity contribution in [1.82, 2.24) is 0 Å². The molecule has 188 valence electrons. The van der Waals surface area contributed by atoms with E-state index in [0.29, 0.717) is 4.90 Å². The Morgan fingerprint density at radius 2 is 1.62 bits per heavy atom. The van der Waals surface area contributed by atoms with Gasteiger partial charge in [0.15, 0.2) is 11.5 Å². The van der Waals surface area contributed by atoms with Crippen molar-refractivity contribution >= 4 is 34.7 Å². The van der Waals surface area contributed by atoms with E-state index in [-0.39, 0.29) is 40.9 Å². The van der Waals surface area contributed by atoms with Crippen molar-refractivity contribution in [3.63, 3.8) is 0 Å². The molecule has 0 aliphatic heterocycles. The molecule has 0 fully saturated rings. The molecule has 0 aliphatic rings. The number of amides is 1. The number of nitrogens with zero attached hydrogens (tertiary/aromatic N) is 2. The first-order valence-corrected chi connectivity index (χ1v) is 11.8. The summed E-state index contributed by atoms with van der Waals surface area (Å²) < 4.78 is 11.1. The van der Waals surface area contributed by atoms with Crippen LogP contribution >= 0.6 is 11.8 Å². The van der Waals surface area contributed by atoms with Gasteiger partial charge in [0.25, 0.3) is 11.6 Å². The molecule has 0 saturated heterocycles. The van der Waals surface area contributed by atoms with E-state index in [9.17, 15) is 25.0 Å². The van der Waals surface area contributed by atoms with Crippen LogP contribution in [0.3, 0.4) is 0 Å². The van der Waals surface area contributed by atoms with E-state index in [0.717, 1.165) is 16.0 Å². The van der Waals surface area contributed by atoms with Crippen LogP contribution in [-0.2, 0) is 6.61 Å². The first kappa shape index (κ1) is 25.5. The Hall–Kier alpha value is -4.64. The van der Waals surface area contributed by atoms with Crippen LogP contribution in [0.15, 0.2) is 87.0 Å². The largest absolute Gasteiger partial charge is 0.479 e. The lowest BCUT2D eigenvalue weighted by molar-refractivity contribution is -0.386. The van der Waals surface area contributed by atoms with Gasteiger partial charge in [-0.25, -0.2) is 0 Å². The molecule has 0 radical (unpaired) electrons. The lowest BCUT2D eigenvalue weighted by Crippen LogP contribution is -2.11. The molecule has 1 amide bonds. The third-order valence-corrected chi connectivity index (χ3v) is 6.16. The number of hydrogen-bond donors (Lipinski definition) is 1. The highest BCUT2D eigenvalue weighted by Gasteiger charge is 2.18. The number of ether oxygens (including phenoxy) is 1. The van der Waals surface area contributed by atoms with Crippen molar-refractivity contribution in [3.05, 3.63) is 116 Å². The molecule has 10 nitrogen and oxygen atoms in total. The Labute approximate surface area is 215 Å². The molecule has 4 aromatic rings. The molecule has 4 rings (SSSR count). The van der Waals surface area contributed by atoms with Gasteiger partial charge in [-0.1, -0.05) is 35.5 Å². The Morgan fingerprint density at radius 3 is 2.32 bits per heavy atom. The molecule has 37 heavy (non-hydrogen) atoms. The monoisotopic (exact) mass is 519 g/mol. The second kappa shape index (κ2) is 11.0. The first-order chi connectivity index (χ1) is 17.7. The Bertz CT molecular complexity index is 1480. The zero-order valence-electron chi connectivity index (χ0n) is 19.8. The predicted molar refractivity (Wildman–Crippen MR) is 137 cm³/mol. The van der Waals surface area contributed by atoms with Crippen LogP contribution in [0.1, 0.15) is 27.4 Å². The van der Waals surface area contributed by atoms with Gasteiger partial charge in [0.1, 0.15) is 12.4 Å².